The highest BCUT2D eigenvalue weighted by Crippen LogP contribution is 2.36. The monoisotopic (exact) mass is 358 g/mol. The number of halogens is 3. The molecular formula is C15H13F3N2O3S. The minimum absolute atomic E-state index is 0.0258. The summed E-state index contributed by atoms with van der Waals surface area (Å²) in [7, 11) is -2.43. The van der Waals surface area contributed by atoms with E-state index in [0.29, 0.717) is 11.9 Å². The van der Waals surface area contributed by atoms with Gasteiger partial charge in [-0.15, -0.1) is 0 Å². The van der Waals surface area contributed by atoms with Crippen LogP contribution in [0.25, 0.3) is 0 Å². The fourth-order valence-electron chi connectivity index (χ4n) is 2.50. The number of nitrogens with zero attached hydrogens (tertiary/aromatic N) is 2. The number of pyridine rings is 1. The number of fused-ring (bicyclic) bond motifs is 1. The van der Waals surface area contributed by atoms with Crippen molar-refractivity contribution in [2.24, 2.45) is 0 Å². The third-order valence-corrected chi connectivity index (χ3v) is 5.54. The molecule has 0 aliphatic carbocycles. The van der Waals surface area contributed by atoms with E-state index in [1.165, 1.54) is 31.4 Å². The van der Waals surface area contributed by atoms with Gasteiger partial charge in [0.25, 0.3) is 10.0 Å². The van der Waals surface area contributed by atoms with Crippen molar-refractivity contribution in [1.82, 2.24) is 4.98 Å². The fraction of sp³-hybridized carbons (Fsp3) is 0.267. The summed E-state index contributed by atoms with van der Waals surface area (Å²) in [6, 6.07) is 6.73. The quantitative estimate of drug-likeness (QED) is 0.847. The zero-order valence-electron chi connectivity index (χ0n) is 12.5. The van der Waals surface area contributed by atoms with E-state index in [0.717, 1.165) is 10.4 Å². The van der Waals surface area contributed by atoms with Gasteiger partial charge >= 0.3 is 6.18 Å². The van der Waals surface area contributed by atoms with Crippen LogP contribution in [0, 0.1) is 0 Å². The first kappa shape index (κ1) is 16.6. The van der Waals surface area contributed by atoms with Gasteiger partial charge in [-0.2, -0.15) is 13.2 Å². The highest BCUT2D eigenvalue weighted by atomic mass is 32.2. The first-order chi connectivity index (χ1) is 11.2. The van der Waals surface area contributed by atoms with Crippen LogP contribution in [0.5, 0.6) is 5.75 Å². The van der Waals surface area contributed by atoms with Crippen LogP contribution in [-0.4, -0.2) is 27.1 Å². The van der Waals surface area contributed by atoms with Crippen LogP contribution in [0.3, 0.4) is 0 Å². The van der Waals surface area contributed by atoms with E-state index in [1.54, 1.807) is 0 Å². The van der Waals surface area contributed by atoms with E-state index in [1.807, 2.05) is 0 Å². The summed E-state index contributed by atoms with van der Waals surface area (Å²) in [5.74, 6) is 0.544. The lowest BCUT2D eigenvalue weighted by Gasteiger charge is -2.19. The van der Waals surface area contributed by atoms with Crippen molar-refractivity contribution in [3.63, 3.8) is 0 Å². The lowest BCUT2D eigenvalue weighted by Crippen LogP contribution is -2.29. The Hall–Kier alpha value is -2.29. The van der Waals surface area contributed by atoms with E-state index in [2.05, 4.69) is 4.98 Å². The van der Waals surface area contributed by atoms with Crippen LogP contribution >= 0.6 is 0 Å². The van der Waals surface area contributed by atoms with Crippen molar-refractivity contribution in [3.05, 3.63) is 47.7 Å². The number of anilines is 1. The molecule has 9 heteroatoms. The highest BCUT2D eigenvalue weighted by molar-refractivity contribution is 7.92. The number of rotatable bonds is 3. The van der Waals surface area contributed by atoms with Gasteiger partial charge in [0.15, 0.2) is 0 Å². The van der Waals surface area contributed by atoms with Gasteiger partial charge in [-0.05, 0) is 42.3 Å². The molecule has 1 aromatic carbocycles. The molecule has 0 N–H and O–H groups in total. The Morgan fingerprint density at radius 3 is 2.46 bits per heavy atom. The molecule has 1 aliphatic rings. The third kappa shape index (κ3) is 2.79. The van der Waals surface area contributed by atoms with Crippen molar-refractivity contribution in [1.29, 1.82) is 0 Å². The molecule has 1 aliphatic heterocycles. The van der Waals surface area contributed by atoms with Gasteiger partial charge in [0.05, 0.1) is 17.6 Å². The predicted octanol–water partition coefficient (Wildman–Crippen LogP) is 2.86. The summed E-state index contributed by atoms with van der Waals surface area (Å²) >= 11 is 0. The van der Waals surface area contributed by atoms with E-state index < -0.39 is 21.8 Å². The number of ether oxygens (including phenoxy) is 1. The van der Waals surface area contributed by atoms with E-state index in [9.17, 15) is 21.6 Å². The third-order valence-electron chi connectivity index (χ3n) is 3.74. The average Bonchev–Trinajstić information content (AvgIpc) is 2.98. The van der Waals surface area contributed by atoms with Crippen molar-refractivity contribution in [3.8, 4) is 5.75 Å². The molecule has 0 amide bonds. The maximum Gasteiger partial charge on any atom is 0.417 e. The minimum Gasteiger partial charge on any atom is -0.497 e. The topological polar surface area (TPSA) is 59.5 Å². The molecule has 0 atom stereocenters. The molecule has 0 fully saturated rings. The van der Waals surface area contributed by atoms with Crippen LogP contribution in [0.1, 0.15) is 11.1 Å². The number of methoxy groups -OCH3 is 1. The second-order valence-electron chi connectivity index (χ2n) is 5.21. The number of hydrogen-bond acceptors (Lipinski definition) is 4. The van der Waals surface area contributed by atoms with Crippen LogP contribution < -0.4 is 9.04 Å². The summed E-state index contributed by atoms with van der Waals surface area (Å²) in [6.45, 7) is 0.0536. The molecule has 128 valence electrons. The second-order valence-corrected chi connectivity index (χ2v) is 7.07. The summed E-state index contributed by atoms with van der Waals surface area (Å²) in [5, 5.41) is 0. The number of benzene rings is 1. The lowest BCUT2D eigenvalue weighted by atomic mass is 10.1. The number of alkyl halides is 3. The first-order valence-electron chi connectivity index (χ1n) is 6.96. The smallest absolute Gasteiger partial charge is 0.417 e. The number of hydrogen-bond donors (Lipinski definition) is 0. The minimum atomic E-state index is -4.51. The lowest BCUT2D eigenvalue weighted by molar-refractivity contribution is -0.137. The molecule has 0 bridgehead atoms. The standard InChI is InChI=1S/C15H13F3N2O3S/c1-23-12-2-4-13(5-3-12)24(21,22)20-7-6-10-8-11(15(16,17)18)9-19-14(10)20/h2-5,8-9H,6-7H2,1H3. The zero-order chi connectivity index (χ0) is 17.5. The van der Waals surface area contributed by atoms with Crippen LogP contribution in [0.15, 0.2) is 41.4 Å². The SMILES string of the molecule is COc1ccc(S(=O)(=O)N2CCc3cc(C(F)(F)F)cnc32)cc1. The molecule has 0 unspecified atom stereocenters. The second kappa shape index (κ2) is 5.66. The van der Waals surface area contributed by atoms with Gasteiger partial charge in [-0.3, -0.25) is 0 Å². The molecule has 0 saturated carbocycles. The van der Waals surface area contributed by atoms with Gasteiger partial charge < -0.3 is 4.74 Å². The van der Waals surface area contributed by atoms with Crippen molar-refractivity contribution in [2.75, 3.05) is 18.0 Å². The molecular weight excluding hydrogens is 345 g/mol. The molecule has 5 nitrogen and oxygen atoms in total. The Morgan fingerprint density at radius 1 is 1.21 bits per heavy atom. The summed E-state index contributed by atoms with van der Waals surface area (Å²) in [5.41, 5.74) is -0.619. The normalized spacial score (nSPS) is 14.6. The molecule has 0 spiro atoms. The summed E-state index contributed by atoms with van der Waals surface area (Å²) in [6.07, 6.45) is -3.67. The maximum absolute atomic E-state index is 12.7. The molecule has 0 radical (unpaired) electrons. The van der Waals surface area contributed by atoms with Crippen LogP contribution in [-0.2, 0) is 22.6 Å². The van der Waals surface area contributed by atoms with E-state index in [4.69, 9.17) is 4.74 Å². The Morgan fingerprint density at radius 2 is 1.88 bits per heavy atom. The molecule has 2 heterocycles. The Bertz CT molecular complexity index is 865. The highest BCUT2D eigenvalue weighted by Gasteiger charge is 2.36. The summed E-state index contributed by atoms with van der Waals surface area (Å²) < 4.78 is 69.6. The first-order valence-corrected chi connectivity index (χ1v) is 8.40. The Labute approximate surface area is 136 Å². The fourth-order valence-corrected chi connectivity index (χ4v) is 3.96. The summed E-state index contributed by atoms with van der Waals surface area (Å²) in [4.78, 5) is 3.76. The molecule has 0 saturated heterocycles. The van der Waals surface area contributed by atoms with Crippen molar-refractivity contribution < 1.29 is 26.3 Å². The van der Waals surface area contributed by atoms with Gasteiger partial charge in [-0.1, -0.05) is 0 Å². The molecule has 3 rings (SSSR count). The number of sulfonamides is 1. The number of aromatic nitrogens is 1. The molecule has 2 aromatic rings. The van der Waals surface area contributed by atoms with Crippen LogP contribution in [0.2, 0.25) is 0 Å². The largest absolute Gasteiger partial charge is 0.497 e. The maximum atomic E-state index is 12.7. The zero-order valence-corrected chi connectivity index (χ0v) is 13.4. The molecule has 1 aromatic heterocycles. The average molecular weight is 358 g/mol. The van der Waals surface area contributed by atoms with Gasteiger partial charge in [0.2, 0.25) is 0 Å². The van der Waals surface area contributed by atoms with Crippen LogP contribution in [0.4, 0.5) is 19.0 Å². The van der Waals surface area contributed by atoms with Gasteiger partial charge in [0, 0.05) is 12.7 Å². The van der Waals surface area contributed by atoms with E-state index >= 15 is 0 Å². The van der Waals surface area contributed by atoms with E-state index in [-0.39, 0.29) is 29.2 Å². The van der Waals surface area contributed by atoms with Gasteiger partial charge in [0.1, 0.15) is 11.6 Å². The Kier molecular flexibility index (Phi) is 3.90. The van der Waals surface area contributed by atoms with Crippen molar-refractivity contribution >= 4 is 15.8 Å². The predicted molar refractivity (Wildman–Crippen MR) is 80.5 cm³/mol. The molecule has 24 heavy (non-hydrogen) atoms. The Balaban J connectivity index is 1.97. The van der Waals surface area contributed by atoms with Crippen molar-refractivity contribution in [2.45, 2.75) is 17.5 Å². The van der Waals surface area contributed by atoms with Gasteiger partial charge in [-0.25, -0.2) is 17.7 Å².